The van der Waals surface area contributed by atoms with Crippen LogP contribution in [0.4, 0.5) is 11.4 Å². The summed E-state index contributed by atoms with van der Waals surface area (Å²) in [7, 11) is 0. The molecule has 1 fully saturated rings. The molecule has 1 N–H and O–H groups in total. The predicted octanol–water partition coefficient (Wildman–Crippen LogP) is 3.96. The summed E-state index contributed by atoms with van der Waals surface area (Å²) in [5, 5.41) is 4.73. The molecule has 0 radical (unpaired) electrons. The lowest BCUT2D eigenvalue weighted by molar-refractivity contribution is -0.116. The van der Waals surface area contributed by atoms with Crippen LogP contribution in [0.2, 0.25) is 0 Å². The number of nitrogens with zero attached hydrogens (tertiary/aromatic N) is 1. The Balaban J connectivity index is 1.50. The van der Waals surface area contributed by atoms with Gasteiger partial charge in [0.15, 0.2) is 5.78 Å². The fourth-order valence-corrected chi connectivity index (χ4v) is 3.85. The van der Waals surface area contributed by atoms with Crippen LogP contribution in [0.3, 0.4) is 0 Å². The summed E-state index contributed by atoms with van der Waals surface area (Å²) in [6.07, 6.45) is 0.836. The summed E-state index contributed by atoms with van der Waals surface area (Å²) < 4.78 is 5.76. The molecule has 2 atom stereocenters. The lowest BCUT2D eigenvalue weighted by Gasteiger charge is -2.36. The Morgan fingerprint density at radius 3 is 2.42 bits per heavy atom. The molecule has 0 aliphatic carbocycles. The molecule has 3 rings (SSSR count). The molecular weight excluding hydrogens is 348 g/mol. The van der Waals surface area contributed by atoms with E-state index in [9.17, 15) is 9.59 Å². The molecule has 26 heavy (non-hydrogen) atoms. The highest BCUT2D eigenvalue weighted by molar-refractivity contribution is 7.12. The fraction of sp³-hybridized carbons (Fsp3) is 0.400. The zero-order chi connectivity index (χ0) is 18.5. The molecule has 1 aromatic carbocycles. The second-order valence-corrected chi connectivity index (χ2v) is 7.61. The summed E-state index contributed by atoms with van der Waals surface area (Å²) in [5.41, 5.74) is 1.87. The van der Waals surface area contributed by atoms with E-state index in [0.717, 1.165) is 24.5 Å². The molecule has 0 bridgehead atoms. The van der Waals surface area contributed by atoms with Crippen molar-refractivity contribution in [3.05, 3.63) is 46.7 Å². The molecule has 2 heterocycles. The number of ketones is 1. The van der Waals surface area contributed by atoms with Gasteiger partial charge in [-0.25, -0.2) is 0 Å². The SMILES string of the molecule is CC1CN(c2ccc(NC(=O)CCC(=O)c3cccs3)cc2)CC(C)O1. The van der Waals surface area contributed by atoms with Gasteiger partial charge in [-0.15, -0.1) is 11.3 Å². The molecule has 0 spiro atoms. The number of carbonyl (C=O) groups is 2. The summed E-state index contributed by atoms with van der Waals surface area (Å²) >= 11 is 1.41. The van der Waals surface area contributed by atoms with Gasteiger partial charge in [0.2, 0.25) is 5.91 Å². The Labute approximate surface area is 158 Å². The van der Waals surface area contributed by atoms with E-state index in [1.54, 1.807) is 6.07 Å². The number of hydrogen-bond donors (Lipinski definition) is 1. The second-order valence-electron chi connectivity index (χ2n) is 6.66. The number of rotatable bonds is 6. The number of nitrogens with one attached hydrogen (secondary N) is 1. The average molecular weight is 372 g/mol. The van der Waals surface area contributed by atoms with Crippen molar-refractivity contribution in [2.75, 3.05) is 23.3 Å². The zero-order valence-electron chi connectivity index (χ0n) is 15.1. The molecule has 2 aromatic rings. The highest BCUT2D eigenvalue weighted by atomic mass is 32.1. The predicted molar refractivity (Wildman–Crippen MR) is 105 cm³/mol. The monoisotopic (exact) mass is 372 g/mol. The smallest absolute Gasteiger partial charge is 0.224 e. The first kappa shape index (κ1) is 18.6. The molecule has 1 aromatic heterocycles. The van der Waals surface area contributed by atoms with E-state index in [1.165, 1.54) is 11.3 Å². The number of anilines is 2. The first-order valence-corrected chi connectivity index (χ1v) is 9.76. The quantitative estimate of drug-likeness (QED) is 0.780. The van der Waals surface area contributed by atoms with E-state index in [0.29, 0.717) is 4.88 Å². The molecule has 0 saturated carbocycles. The number of ether oxygens (including phenoxy) is 1. The topological polar surface area (TPSA) is 58.6 Å². The van der Waals surface area contributed by atoms with Gasteiger partial charge in [0, 0.05) is 37.3 Å². The van der Waals surface area contributed by atoms with E-state index in [1.807, 2.05) is 35.7 Å². The van der Waals surface area contributed by atoms with Gasteiger partial charge < -0.3 is 15.0 Å². The normalized spacial score (nSPS) is 20.0. The van der Waals surface area contributed by atoms with Crippen molar-refractivity contribution in [2.24, 2.45) is 0 Å². The number of carbonyl (C=O) groups excluding carboxylic acids is 2. The Hall–Kier alpha value is -2.18. The molecule has 1 amide bonds. The van der Waals surface area contributed by atoms with Crippen LogP contribution in [0.25, 0.3) is 0 Å². The largest absolute Gasteiger partial charge is 0.372 e. The molecule has 1 aliphatic heterocycles. The highest BCUT2D eigenvalue weighted by Crippen LogP contribution is 2.22. The van der Waals surface area contributed by atoms with Crippen molar-refractivity contribution in [1.29, 1.82) is 0 Å². The molecule has 6 heteroatoms. The third-order valence-electron chi connectivity index (χ3n) is 4.31. The summed E-state index contributed by atoms with van der Waals surface area (Å²) in [6.45, 7) is 5.88. The maximum Gasteiger partial charge on any atom is 0.224 e. The molecule has 1 saturated heterocycles. The third kappa shape index (κ3) is 4.93. The van der Waals surface area contributed by atoms with Gasteiger partial charge in [0.05, 0.1) is 17.1 Å². The lowest BCUT2D eigenvalue weighted by atomic mass is 10.1. The van der Waals surface area contributed by atoms with Crippen molar-refractivity contribution in [1.82, 2.24) is 0 Å². The molecule has 138 valence electrons. The first-order chi connectivity index (χ1) is 12.5. The zero-order valence-corrected chi connectivity index (χ0v) is 15.9. The van der Waals surface area contributed by atoms with Gasteiger partial charge in [-0.1, -0.05) is 6.07 Å². The number of morpholine rings is 1. The average Bonchev–Trinajstić information content (AvgIpc) is 3.14. The standard InChI is InChI=1S/C20H24N2O3S/c1-14-12-22(13-15(2)25-14)17-7-5-16(6-8-17)21-20(24)10-9-18(23)19-4-3-11-26-19/h3-8,11,14-15H,9-10,12-13H2,1-2H3,(H,21,24). The number of Topliss-reactive ketones (excluding diaryl/α,β-unsaturated/α-hetero) is 1. The number of hydrogen-bond acceptors (Lipinski definition) is 5. The van der Waals surface area contributed by atoms with Crippen LogP contribution < -0.4 is 10.2 Å². The maximum absolute atomic E-state index is 12.1. The highest BCUT2D eigenvalue weighted by Gasteiger charge is 2.22. The van der Waals surface area contributed by atoms with Crippen LogP contribution in [0, 0.1) is 0 Å². The fourth-order valence-electron chi connectivity index (χ4n) is 3.16. The number of benzene rings is 1. The number of amides is 1. The van der Waals surface area contributed by atoms with E-state index < -0.39 is 0 Å². The van der Waals surface area contributed by atoms with Crippen LogP contribution in [0.15, 0.2) is 41.8 Å². The van der Waals surface area contributed by atoms with Crippen LogP contribution in [0.1, 0.15) is 36.4 Å². The maximum atomic E-state index is 12.1. The Morgan fingerprint density at radius 1 is 1.12 bits per heavy atom. The third-order valence-corrected chi connectivity index (χ3v) is 5.22. The van der Waals surface area contributed by atoms with Crippen LogP contribution in [-0.4, -0.2) is 37.0 Å². The van der Waals surface area contributed by atoms with Crippen molar-refractivity contribution >= 4 is 34.4 Å². The van der Waals surface area contributed by atoms with E-state index in [2.05, 4.69) is 24.1 Å². The minimum atomic E-state index is -0.142. The van der Waals surface area contributed by atoms with E-state index in [4.69, 9.17) is 4.74 Å². The minimum Gasteiger partial charge on any atom is -0.372 e. The van der Waals surface area contributed by atoms with Crippen LogP contribution in [-0.2, 0) is 9.53 Å². The molecule has 5 nitrogen and oxygen atoms in total. The minimum absolute atomic E-state index is 0.0149. The van der Waals surface area contributed by atoms with E-state index in [-0.39, 0.29) is 36.7 Å². The summed E-state index contributed by atoms with van der Waals surface area (Å²) in [4.78, 5) is 27.0. The Kier molecular flexibility index (Phi) is 6.06. The molecule has 1 aliphatic rings. The van der Waals surface area contributed by atoms with Gasteiger partial charge >= 0.3 is 0 Å². The molecule has 2 unspecified atom stereocenters. The molecular formula is C20H24N2O3S. The van der Waals surface area contributed by atoms with Gasteiger partial charge in [0.25, 0.3) is 0 Å². The summed E-state index contributed by atoms with van der Waals surface area (Å²) in [5.74, 6) is -0.127. The Bertz CT molecular complexity index is 733. The first-order valence-electron chi connectivity index (χ1n) is 8.88. The summed E-state index contributed by atoms with van der Waals surface area (Å²) in [6, 6.07) is 11.5. The number of thiophene rings is 1. The Morgan fingerprint density at radius 2 is 1.81 bits per heavy atom. The van der Waals surface area contributed by atoms with Gasteiger partial charge in [-0.2, -0.15) is 0 Å². The van der Waals surface area contributed by atoms with Crippen molar-refractivity contribution in [2.45, 2.75) is 38.9 Å². The lowest BCUT2D eigenvalue weighted by Crippen LogP contribution is -2.45. The van der Waals surface area contributed by atoms with Crippen LogP contribution >= 0.6 is 11.3 Å². The van der Waals surface area contributed by atoms with Gasteiger partial charge in [-0.3, -0.25) is 9.59 Å². The van der Waals surface area contributed by atoms with Crippen molar-refractivity contribution in [3.63, 3.8) is 0 Å². The van der Waals surface area contributed by atoms with Crippen molar-refractivity contribution in [3.8, 4) is 0 Å². The van der Waals surface area contributed by atoms with Gasteiger partial charge in [0.1, 0.15) is 0 Å². The van der Waals surface area contributed by atoms with Crippen molar-refractivity contribution < 1.29 is 14.3 Å². The van der Waals surface area contributed by atoms with Gasteiger partial charge in [-0.05, 0) is 49.6 Å². The second kappa shape index (κ2) is 8.47. The van der Waals surface area contributed by atoms with E-state index >= 15 is 0 Å². The van der Waals surface area contributed by atoms with Crippen LogP contribution in [0.5, 0.6) is 0 Å².